The van der Waals surface area contributed by atoms with E-state index in [-0.39, 0.29) is 0 Å². The summed E-state index contributed by atoms with van der Waals surface area (Å²) >= 11 is 0. The molecule has 0 N–H and O–H groups in total. The third kappa shape index (κ3) is 1.50. The van der Waals surface area contributed by atoms with Crippen LogP contribution in [0.25, 0.3) is 0 Å². The number of ether oxygens (including phenoxy) is 1. The Morgan fingerprint density at radius 1 is 0.958 bits per heavy atom. The molecule has 3 fully saturated rings. The van der Waals surface area contributed by atoms with Gasteiger partial charge in [-0.15, -0.1) is 0 Å². The van der Waals surface area contributed by atoms with Crippen molar-refractivity contribution in [3.8, 4) is 0 Å². The van der Waals surface area contributed by atoms with Gasteiger partial charge in [0, 0.05) is 11.8 Å². The van der Waals surface area contributed by atoms with E-state index in [9.17, 15) is 44.3 Å². The number of rotatable bonds is 2. The quantitative estimate of drug-likeness (QED) is 0.422. The van der Waals surface area contributed by atoms with Crippen LogP contribution in [0.1, 0.15) is 12.8 Å². The second-order valence-electron chi connectivity index (χ2n) is 6.27. The second-order valence-corrected chi connectivity index (χ2v) is 6.27. The lowest BCUT2D eigenvalue weighted by Gasteiger charge is -2.61. The van der Waals surface area contributed by atoms with Crippen LogP contribution in [0, 0.1) is 11.8 Å². The second kappa shape index (κ2) is 4.21. The zero-order valence-corrected chi connectivity index (χ0v) is 11.6. The number of hydrogen-bond donors (Lipinski definition) is 0. The van der Waals surface area contributed by atoms with Crippen LogP contribution < -0.4 is 0 Å². The minimum Gasteiger partial charge on any atom is -0.458 e. The van der Waals surface area contributed by atoms with E-state index in [0.717, 1.165) is 0 Å². The van der Waals surface area contributed by atoms with Crippen molar-refractivity contribution in [2.24, 2.45) is 11.8 Å². The molecule has 0 heterocycles. The van der Waals surface area contributed by atoms with Crippen LogP contribution in [0.2, 0.25) is 0 Å². The summed E-state index contributed by atoms with van der Waals surface area (Å²) in [5.74, 6) is -16.7. The van der Waals surface area contributed by atoms with E-state index in [1.54, 1.807) is 0 Å². The molecule has 0 saturated heterocycles. The van der Waals surface area contributed by atoms with Gasteiger partial charge >= 0.3 is 24.0 Å². The van der Waals surface area contributed by atoms with E-state index in [0.29, 0.717) is 0 Å². The molecule has 3 aliphatic carbocycles. The van der Waals surface area contributed by atoms with Gasteiger partial charge in [-0.05, 0) is 12.8 Å². The van der Waals surface area contributed by atoms with Crippen LogP contribution in [-0.4, -0.2) is 41.4 Å². The Bertz CT molecular complexity index is 627. The predicted octanol–water partition coefficient (Wildman–Crippen LogP) is 3.76. The summed E-state index contributed by atoms with van der Waals surface area (Å²) < 4.78 is 124. The minimum atomic E-state index is -5.35. The van der Waals surface area contributed by atoms with Crippen LogP contribution in [0.3, 0.4) is 0 Å². The number of carbonyl (C=O) groups is 1. The van der Waals surface area contributed by atoms with Gasteiger partial charge in [0.2, 0.25) is 11.3 Å². The zero-order chi connectivity index (χ0) is 18.5. The maximum absolute atomic E-state index is 14.5. The third-order valence-electron chi connectivity index (χ3n) is 5.26. The molecule has 2 nitrogen and oxygen atoms in total. The molecule has 136 valence electrons. The molecule has 5 unspecified atom stereocenters. The topological polar surface area (TPSA) is 26.3 Å². The average Bonchev–Trinajstić information content (AvgIpc) is 2.94. The highest BCUT2D eigenvalue weighted by atomic mass is 19.4. The molecule has 3 rings (SSSR count). The largest absolute Gasteiger partial charge is 0.458 e. The highest BCUT2D eigenvalue weighted by molar-refractivity contribution is 5.89. The molecule has 24 heavy (non-hydrogen) atoms. The van der Waals surface area contributed by atoms with Crippen molar-refractivity contribution in [3.63, 3.8) is 0 Å². The van der Waals surface area contributed by atoms with Crippen LogP contribution in [0.5, 0.6) is 0 Å². The lowest BCUT2D eigenvalue weighted by Crippen LogP contribution is -2.88. The fourth-order valence-electron chi connectivity index (χ4n) is 4.10. The van der Waals surface area contributed by atoms with E-state index in [1.165, 1.54) is 0 Å². The molecule has 0 amide bonds. The molecule has 3 saturated carbocycles. The van der Waals surface area contributed by atoms with Gasteiger partial charge in [0.25, 0.3) is 0 Å². The third-order valence-corrected chi connectivity index (χ3v) is 5.26. The predicted molar refractivity (Wildman–Crippen MR) is 58.9 cm³/mol. The summed E-state index contributed by atoms with van der Waals surface area (Å²) in [6.07, 6.45) is -8.58. The van der Waals surface area contributed by atoms with Crippen molar-refractivity contribution < 1.29 is 49.0 Å². The Labute approximate surface area is 128 Å². The molecule has 3 aliphatic rings. The molecule has 0 spiro atoms. The normalized spacial score (nSPS) is 44.6. The lowest BCUT2D eigenvalue weighted by molar-refractivity contribution is -0.452. The van der Waals surface area contributed by atoms with Crippen LogP contribution in [-0.2, 0) is 9.53 Å². The molecule has 0 radical (unpaired) electrons. The first-order valence-electron chi connectivity index (χ1n) is 6.74. The van der Waals surface area contributed by atoms with E-state index in [1.807, 2.05) is 0 Å². The van der Waals surface area contributed by atoms with Crippen molar-refractivity contribution in [1.82, 2.24) is 0 Å². The molecule has 0 aromatic rings. The van der Waals surface area contributed by atoms with Crippen molar-refractivity contribution in [3.05, 3.63) is 12.2 Å². The molecule has 2 bridgehead atoms. The molecule has 11 heteroatoms. The van der Waals surface area contributed by atoms with Crippen molar-refractivity contribution in [2.75, 3.05) is 0 Å². The van der Waals surface area contributed by atoms with Gasteiger partial charge in [-0.2, -0.15) is 30.7 Å². The van der Waals surface area contributed by atoms with Crippen LogP contribution in [0.15, 0.2) is 12.2 Å². The number of alkyl halides is 9. The van der Waals surface area contributed by atoms with Crippen molar-refractivity contribution in [1.29, 1.82) is 0 Å². The maximum atomic E-state index is 14.5. The van der Waals surface area contributed by atoms with Gasteiger partial charge in [0.05, 0.1) is 0 Å². The standard InChI is InChI=1S/C13H9F9O2/c1-4(11(16,17)18)8(23)24-7-3-5-2-6(7)10(15)9(5,14)12(19,20)13(10,21)22/h5-7H,1-3H2. The zero-order valence-electron chi connectivity index (χ0n) is 11.6. The summed E-state index contributed by atoms with van der Waals surface area (Å²) in [6, 6.07) is 0. The van der Waals surface area contributed by atoms with Gasteiger partial charge in [0.1, 0.15) is 11.7 Å². The van der Waals surface area contributed by atoms with E-state index in [2.05, 4.69) is 11.3 Å². The molecule has 5 atom stereocenters. The number of esters is 1. The Balaban J connectivity index is 1.85. The number of carbonyl (C=O) groups excluding carboxylic acids is 1. The smallest absolute Gasteiger partial charge is 0.422 e. The van der Waals surface area contributed by atoms with E-state index >= 15 is 0 Å². The SMILES string of the molecule is C=C(C(=O)OC1CC2CC1C1(F)C(F)(F)C(F)(F)C21F)C(F)(F)F. The van der Waals surface area contributed by atoms with Gasteiger partial charge in [-0.3, -0.25) is 0 Å². The number of fused-ring (bicyclic) bond motifs is 5. The van der Waals surface area contributed by atoms with Gasteiger partial charge < -0.3 is 4.74 Å². The molecular formula is C13H9F9O2. The van der Waals surface area contributed by atoms with E-state index in [4.69, 9.17) is 0 Å². The highest BCUT2D eigenvalue weighted by Gasteiger charge is 3.04. The summed E-state index contributed by atoms with van der Waals surface area (Å²) in [6.45, 7) is 2.43. The van der Waals surface area contributed by atoms with Crippen molar-refractivity contribution in [2.45, 2.75) is 48.3 Å². The van der Waals surface area contributed by atoms with Gasteiger partial charge in [-0.1, -0.05) is 6.58 Å². The molecule has 0 aromatic heterocycles. The first-order valence-corrected chi connectivity index (χ1v) is 6.74. The lowest BCUT2D eigenvalue weighted by atomic mass is 9.54. The Morgan fingerprint density at radius 2 is 1.46 bits per heavy atom. The summed E-state index contributed by atoms with van der Waals surface area (Å²) in [5, 5.41) is 0. The first kappa shape index (κ1) is 17.4. The fraction of sp³-hybridized carbons (Fsp3) is 0.769. The maximum Gasteiger partial charge on any atom is 0.422 e. The van der Waals surface area contributed by atoms with E-state index < -0.39 is 71.7 Å². The summed E-state index contributed by atoms with van der Waals surface area (Å²) in [5.41, 5.74) is -10.4. The fourth-order valence-corrected chi connectivity index (χ4v) is 4.10. The number of hydrogen-bond acceptors (Lipinski definition) is 2. The van der Waals surface area contributed by atoms with Gasteiger partial charge in [-0.25, -0.2) is 13.6 Å². The Hall–Kier alpha value is -1.42. The monoisotopic (exact) mass is 368 g/mol. The number of halogens is 9. The minimum absolute atomic E-state index is 0.768. The summed E-state index contributed by atoms with van der Waals surface area (Å²) in [4.78, 5) is 11.3. The average molecular weight is 368 g/mol. The van der Waals surface area contributed by atoms with Crippen LogP contribution in [0.4, 0.5) is 39.5 Å². The molecule has 0 aromatic carbocycles. The first-order chi connectivity index (χ1) is 10.6. The van der Waals surface area contributed by atoms with Gasteiger partial charge in [0.15, 0.2) is 0 Å². The summed E-state index contributed by atoms with van der Waals surface area (Å²) in [7, 11) is 0. The van der Waals surface area contributed by atoms with Crippen LogP contribution >= 0.6 is 0 Å². The van der Waals surface area contributed by atoms with Crippen molar-refractivity contribution >= 4 is 5.97 Å². The highest BCUT2D eigenvalue weighted by Crippen LogP contribution is 2.80. The molecular weight excluding hydrogens is 359 g/mol. The Morgan fingerprint density at radius 3 is 1.96 bits per heavy atom. The Kier molecular flexibility index (Phi) is 3.05. The molecule has 0 aliphatic heterocycles.